The van der Waals surface area contributed by atoms with Crippen molar-refractivity contribution >= 4 is 17.4 Å². The largest absolute Gasteiger partial charge is 0.456 e. The number of Topliss-reactive ketones (excluding diaryl/α,β-unsaturated/α-hetero) is 1. The van der Waals surface area contributed by atoms with Crippen LogP contribution in [0, 0.1) is 6.92 Å². The third-order valence-electron chi connectivity index (χ3n) is 2.40. The Balaban J connectivity index is 2.42. The number of carbonyl (C=O) groups excluding carboxylic acids is 1. The number of rotatable bonds is 2. The predicted octanol–water partition coefficient (Wildman–Crippen LogP) is 2.97. The van der Waals surface area contributed by atoms with Gasteiger partial charge in [-0.25, -0.2) is 4.68 Å². The van der Waals surface area contributed by atoms with E-state index in [0.29, 0.717) is 10.7 Å². The maximum atomic E-state index is 12.2. The highest BCUT2D eigenvalue weighted by Crippen LogP contribution is 2.25. The molecular formula is C11H7ClF3N3O. The molecule has 0 saturated heterocycles. The van der Waals surface area contributed by atoms with E-state index >= 15 is 0 Å². The third kappa shape index (κ3) is 2.60. The van der Waals surface area contributed by atoms with Crippen LogP contribution >= 0.6 is 11.6 Å². The maximum Gasteiger partial charge on any atom is 0.456 e. The van der Waals surface area contributed by atoms with Crippen molar-refractivity contribution in [3.63, 3.8) is 0 Å². The first-order valence-corrected chi connectivity index (χ1v) is 5.48. The molecule has 0 aliphatic rings. The summed E-state index contributed by atoms with van der Waals surface area (Å²) in [6, 6.07) is 4.97. The first kappa shape index (κ1) is 13.5. The van der Waals surface area contributed by atoms with Crippen molar-refractivity contribution in [2.24, 2.45) is 0 Å². The molecule has 0 bridgehead atoms. The van der Waals surface area contributed by atoms with Crippen molar-refractivity contribution in [2.75, 3.05) is 0 Å². The maximum absolute atomic E-state index is 12.2. The number of carbonyl (C=O) groups is 1. The highest BCUT2D eigenvalue weighted by Gasteiger charge is 2.41. The van der Waals surface area contributed by atoms with E-state index in [4.69, 9.17) is 11.6 Å². The Morgan fingerprint density at radius 1 is 1.37 bits per heavy atom. The van der Waals surface area contributed by atoms with Crippen LogP contribution in [0.2, 0.25) is 5.02 Å². The zero-order chi connectivity index (χ0) is 14.2. The first-order valence-electron chi connectivity index (χ1n) is 5.10. The van der Waals surface area contributed by atoms with Gasteiger partial charge < -0.3 is 0 Å². The van der Waals surface area contributed by atoms with Gasteiger partial charge in [0.25, 0.3) is 5.78 Å². The fraction of sp³-hybridized carbons (Fsp3) is 0.182. The lowest BCUT2D eigenvalue weighted by molar-refractivity contribution is -0.0888. The molecule has 2 rings (SSSR count). The quantitative estimate of drug-likeness (QED) is 0.799. The van der Waals surface area contributed by atoms with Gasteiger partial charge in [-0.2, -0.15) is 13.2 Å². The lowest BCUT2D eigenvalue weighted by Gasteiger charge is -2.05. The Labute approximate surface area is 110 Å². The van der Waals surface area contributed by atoms with Crippen LogP contribution in [0.4, 0.5) is 13.2 Å². The fourth-order valence-electron chi connectivity index (χ4n) is 1.44. The van der Waals surface area contributed by atoms with Crippen LogP contribution in [0.3, 0.4) is 0 Å². The van der Waals surface area contributed by atoms with E-state index in [1.54, 1.807) is 25.1 Å². The van der Waals surface area contributed by atoms with Gasteiger partial charge in [-0.3, -0.25) is 4.79 Å². The van der Waals surface area contributed by atoms with Crippen molar-refractivity contribution in [2.45, 2.75) is 13.1 Å². The number of hydrogen-bond acceptors (Lipinski definition) is 3. The van der Waals surface area contributed by atoms with Crippen molar-refractivity contribution in [1.82, 2.24) is 15.0 Å². The number of alkyl halides is 3. The van der Waals surface area contributed by atoms with Crippen molar-refractivity contribution in [3.8, 4) is 5.69 Å². The average Bonchev–Trinajstić information content (AvgIpc) is 2.79. The van der Waals surface area contributed by atoms with E-state index in [2.05, 4.69) is 10.3 Å². The molecular weight excluding hydrogens is 283 g/mol. The standard InChI is InChI=1S/C11H7ClF3N3O/c1-6-3-2-4-8(9(6)12)18-5-7(16-17-18)10(19)11(13,14)15/h2-5H,1H3. The molecule has 19 heavy (non-hydrogen) atoms. The minimum atomic E-state index is -4.97. The monoisotopic (exact) mass is 289 g/mol. The predicted molar refractivity (Wildman–Crippen MR) is 61.5 cm³/mol. The second kappa shape index (κ2) is 4.65. The highest BCUT2D eigenvalue weighted by atomic mass is 35.5. The second-order valence-electron chi connectivity index (χ2n) is 3.78. The van der Waals surface area contributed by atoms with E-state index in [-0.39, 0.29) is 0 Å². The SMILES string of the molecule is Cc1cccc(-n2cc(C(=O)C(F)(F)F)nn2)c1Cl. The second-order valence-corrected chi connectivity index (χ2v) is 4.16. The van der Waals surface area contributed by atoms with Crippen LogP contribution in [-0.2, 0) is 0 Å². The van der Waals surface area contributed by atoms with E-state index in [9.17, 15) is 18.0 Å². The molecule has 0 fully saturated rings. The van der Waals surface area contributed by atoms with Gasteiger partial charge in [0.15, 0.2) is 5.69 Å². The summed E-state index contributed by atoms with van der Waals surface area (Å²) in [5.41, 5.74) is 0.318. The van der Waals surface area contributed by atoms with Crippen molar-refractivity contribution < 1.29 is 18.0 Å². The zero-order valence-electron chi connectivity index (χ0n) is 9.57. The molecule has 0 spiro atoms. The van der Waals surface area contributed by atoms with Crippen molar-refractivity contribution in [1.29, 1.82) is 0 Å². The molecule has 0 saturated carbocycles. The smallest absolute Gasteiger partial charge is 0.282 e. The van der Waals surface area contributed by atoms with Crippen LogP contribution in [0.25, 0.3) is 5.69 Å². The van der Waals surface area contributed by atoms with Crippen LogP contribution < -0.4 is 0 Å². The molecule has 2 aromatic rings. The molecule has 0 aliphatic heterocycles. The van der Waals surface area contributed by atoms with Crippen LogP contribution in [0.15, 0.2) is 24.4 Å². The Bertz CT molecular complexity index is 636. The molecule has 1 aromatic heterocycles. The van der Waals surface area contributed by atoms with Gasteiger partial charge in [0.1, 0.15) is 0 Å². The minimum Gasteiger partial charge on any atom is -0.282 e. The van der Waals surface area contributed by atoms with E-state index < -0.39 is 17.7 Å². The summed E-state index contributed by atoms with van der Waals surface area (Å²) in [7, 11) is 0. The number of halogens is 4. The Kier molecular flexibility index (Phi) is 3.32. The highest BCUT2D eigenvalue weighted by molar-refractivity contribution is 6.33. The molecule has 100 valence electrons. The minimum absolute atomic E-state index is 0.332. The van der Waals surface area contributed by atoms with Gasteiger partial charge in [0, 0.05) is 0 Å². The summed E-state index contributed by atoms with van der Waals surface area (Å²) in [6.07, 6.45) is -4.08. The van der Waals surface area contributed by atoms with E-state index in [0.717, 1.165) is 16.4 Å². The molecule has 1 heterocycles. The van der Waals surface area contributed by atoms with Gasteiger partial charge in [-0.05, 0) is 18.6 Å². The van der Waals surface area contributed by atoms with Gasteiger partial charge in [0.05, 0.1) is 16.9 Å². The summed E-state index contributed by atoms with van der Waals surface area (Å²) in [6.45, 7) is 1.74. The molecule has 0 N–H and O–H groups in total. The van der Waals surface area contributed by atoms with Gasteiger partial charge >= 0.3 is 6.18 Å². The summed E-state index contributed by atoms with van der Waals surface area (Å²) >= 11 is 6.01. The van der Waals surface area contributed by atoms with Gasteiger partial charge in [-0.15, -0.1) is 5.10 Å². The molecule has 1 aromatic carbocycles. The molecule has 0 unspecified atom stereocenters. The van der Waals surface area contributed by atoms with Gasteiger partial charge in [0.2, 0.25) is 0 Å². The third-order valence-corrected chi connectivity index (χ3v) is 2.89. The number of aromatic nitrogens is 3. The van der Waals surface area contributed by atoms with Crippen LogP contribution in [0.1, 0.15) is 16.1 Å². The van der Waals surface area contributed by atoms with E-state index in [1.807, 2.05) is 0 Å². The summed E-state index contributed by atoms with van der Waals surface area (Å²) < 4.78 is 37.7. The zero-order valence-corrected chi connectivity index (χ0v) is 10.3. The number of aryl methyl sites for hydroxylation is 1. The molecule has 8 heteroatoms. The Morgan fingerprint density at radius 2 is 2.05 bits per heavy atom. The molecule has 4 nitrogen and oxygen atoms in total. The van der Waals surface area contributed by atoms with Crippen LogP contribution in [-0.4, -0.2) is 27.0 Å². The van der Waals surface area contributed by atoms with Crippen LogP contribution in [0.5, 0.6) is 0 Å². The fourth-order valence-corrected chi connectivity index (χ4v) is 1.65. The first-order chi connectivity index (χ1) is 8.80. The van der Waals surface area contributed by atoms with E-state index in [1.165, 1.54) is 0 Å². The molecule has 0 atom stereocenters. The van der Waals surface area contributed by atoms with Crippen molar-refractivity contribution in [3.05, 3.63) is 40.7 Å². The summed E-state index contributed by atoms with van der Waals surface area (Å²) in [5, 5.41) is 7.03. The number of ketones is 1. The Morgan fingerprint density at radius 3 is 2.68 bits per heavy atom. The molecule has 0 aliphatic carbocycles. The number of hydrogen-bond donors (Lipinski definition) is 0. The Hall–Kier alpha value is -1.89. The normalized spacial score (nSPS) is 11.6. The summed E-state index contributed by atoms with van der Waals surface area (Å²) in [4.78, 5) is 11.0. The average molecular weight is 290 g/mol. The van der Waals surface area contributed by atoms with Gasteiger partial charge in [-0.1, -0.05) is 28.9 Å². The topological polar surface area (TPSA) is 47.8 Å². The molecule has 0 radical (unpaired) electrons. The number of nitrogens with zero attached hydrogens (tertiary/aromatic N) is 3. The number of benzene rings is 1. The summed E-state index contributed by atoms with van der Waals surface area (Å²) in [5.74, 6) is -2.04. The lowest BCUT2D eigenvalue weighted by Crippen LogP contribution is -2.23. The molecule has 0 amide bonds. The lowest BCUT2D eigenvalue weighted by atomic mass is 10.2.